The average molecular weight is 804 g/mol. The standard InChI is InChI=1S/C47H73N5O4S/c1-11-33(5)43(45(55)49-29-40-23-16-17-26-48-40)52(10)46(56)41(32(3)4)25-24-39(27-35-19-14-13-15-20-35)51-42(53)30-50-44(54)38(31-57-47(7,8)9)28-37-22-18-21-36(12-2)34(37)6/h12,16-18,21-23,26,32-33,35,38-39,41,43H,2,11,13-15,19-20,24-25,27-31H2,1,3-10H3,(H,49,55)(H,50,54)(H,51,53)/t33-,38-,39-,41?,43?/m1/s1. The Hall–Kier alpha value is -3.66. The lowest BCUT2D eigenvalue weighted by Gasteiger charge is -2.35. The molecule has 5 atom stereocenters. The highest BCUT2D eigenvalue weighted by molar-refractivity contribution is 8.00. The molecular formula is C47H73N5O4S. The van der Waals surface area contributed by atoms with Crippen LogP contribution in [-0.2, 0) is 32.1 Å². The summed E-state index contributed by atoms with van der Waals surface area (Å²) in [6.45, 7) is 20.8. The summed E-state index contributed by atoms with van der Waals surface area (Å²) in [6.07, 6.45) is 12.9. The Labute approximate surface area is 348 Å². The minimum Gasteiger partial charge on any atom is -0.352 e. The first-order valence-corrected chi connectivity index (χ1v) is 22.4. The zero-order chi connectivity index (χ0) is 42.1. The number of carbonyl (C=O) groups is 4. The maximum atomic E-state index is 14.3. The van der Waals surface area contributed by atoms with E-state index in [1.54, 1.807) is 29.9 Å². The van der Waals surface area contributed by atoms with E-state index in [0.29, 0.717) is 37.5 Å². The molecule has 1 heterocycles. The third kappa shape index (κ3) is 15.9. The van der Waals surface area contributed by atoms with Crippen LogP contribution in [0.4, 0.5) is 0 Å². The molecule has 1 aromatic heterocycles. The molecule has 0 saturated heterocycles. The summed E-state index contributed by atoms with van der Waals surface area (Å²) in [7, 11) is 1.75. The van der Waals surface area contributed by atoms with Gasteiger partial charge < -0.3 is 20.9 Å². The number of rotatable bonds is 22. The van der Waals surface area contributed by atoms with E-state index in [-0.39, 0.29) is 64.6 Å². The molecule has 2 unspecified atom stereocenters. The van der Waals surface area contributed by atoms with Crippen molar-refractivity contribution in [2.75, 3.05) is 19.3 Å². The van der Waals surface area contributed by atoms with Crippen LogP contribution in [0.25, 0.3) is 6.08 Å². The maximum absolute atomic E-state index is 14.3. The molecule has 316 valence electrons. The Kier molecular flexibility index (Phi) is 19.8. The lowest BCUT2D eigenvalue weighted by Crippen LogP contribution is -2.53. The van der Waals surface area contributed by atoms with Gasteiger partial charge in [0.2, 0.25) is 23.6 Å². The Bertz CT molecular complexity index is 1590. The summed E-state index contributed by atoms with van der Waals surface area (Å²) in [5, 5.41) is 9.29. The molecule has 0 aliphatic heterocycles. The third-order valence-corrected chi connectivity index (χ3v) is 13.2. The van der Waals surface area contributed by atoms with Gasteiger partial charge in [-0.1, -0.05) is 124 Å². The zero-order valence-corrected chi connectivity index (χ0v) is 37.3. The second-order valence-electron chi connectivity index (χ2n) is 17.6. The highest BCUT2D eigenvalue weighted by Crippen LogP contribution is 2.31. The molecule has 10 heteroatoms. The number of nitrogens with one attached hydrogen (secondary N) is 3. The Morgan fingerprint density at radius 2 is 1.70 bits per heavy atom. The number of amides is 4. The van der Waals surface area contributed by atoms with E-state index in [1.165, 1.54) is 19.3 Å². The van der Waals surface area contributed by atoms with Gasteiger partial charge in [-0.15, -0.1) is 0 Å². The second-order valence-corrected chi connectivity index (χ2v) is 19.5. The van der Waals surface area contributed by atoms with Crippen LogP contribution in [0.3, 0.4) is 0 Å². The molecule has 3 N–H and O–H groups in total. The monoisotopic (exact) mass is 804 g/mol. The molecule has 57 heavy (non-hydrogen) atoms. The molecule has 1 saturated carbocycles. The lowest BCUT2D eigenvalue weighted by molar-refractivity contribution is -0.145. The maximum Gasteiger partial charge on any atom is 0.243 e. The Balaban J connectivity index is 1.71. The molecule has 1 fully saturated rings. The van der Waals surface area contributed by atoms with Gasteiger partial charge in [-0.05, 0) is 79.2 Å². The Morgan fingerprint density at radius 1 is 0.982 bits per heavy atom. The predicted octanol–water partition coefficient (Wildman–Crippen LogP) is 8.54. The van der Waals surface area contributed by atoms with Crippen LogP contribution in [0.15, 0.2) is 49.2 Å². The highest BCUT2D eigenvalue weighted by atomic mass is 32.2. The van der Waals surface area contributed by atoms with Crippen LogP contribution in [0, 0.1) is 36.5 Å². The SMILES string of the molecule is C=Cc1cccc(C[C@H](CSC(C)(C)C)C(=O)NCC(=O)N[C@H](CCC(C(=O)N(C)C(C(=O)NCc2ccccn2)[C@H](C)CC)C(C)C)CC2CCCCC2)c1C. The van der Waals surface area contributed by atoms with Crippen LogP contribution in [0.2, 0.25) is 0 Å². The first-order chi connectivity index (χ1) is 27.0. The summed E-state index contributed by atoms with van der Waals surface area (Å²) in [5.74, 6) is -0.0316. The van der Waals surface area contributed by atoms with Crippen LogP contribution >= 0.6 is 11.8 Å². The van der Waals surface area contributed by atoms with Crippen LogP contribution in [-0.4, -0.2) is 69.7 Å². The van der Waals surface area contributed by atoms with Gasteiger partial charge in [0.25, 0.3) is 0 Å². The fraction of sp³-hybridized carbons (Fsp3) is 0.638. The summed E-state index contributed by atoms with van der Waals surface area (Å²) in [4.78, 5) is 61.3. The third-order valence-electron chi connectivity index (χ3n) is 11.7. The molecule has 3 rings (SSSR count). The molecule has 0 spiro atoms. The summed E-state index contributed by atoms with van der Waals surface area (Å²) < 4.78 is -0.00799. The smallest absolute Gasteiger partial charge is 0.243 e. The average Bonchev–Trinajstić information content (AvgIpc) is 3.18. The van der Waals surface area contributed by atoms with E-state index in [9.17, 15) is 19.2 Å². The van der Waals surface area contributed by atoms with Crippen molar-refractivity contribution >= 4 is 41.5 Å². The van der Waals surface area contributed by atoms with E-state index in [4.69, 9.17) is 0 Å². The molecule has 1 aliphatic carbocycles. The number of likely N-dealkylation sites (N-methyl/N-ethyl adjacent to an activating group) is 1. The van der Waals surface area contributed by atoms with Gasteiger partial charge in [0, 0.05) is 35.7 Å². The second kappa shape index (κ2) is 23.7. The largest absolute Gasteiger partial charge is 0.352 e. The van der Waals surface area contributed by atoms with E-state index in [2.05, 4.69) is 75.1 Å². The van der Waals surface area contributed by atoms with Gasteiger partial charge in [-0.2, -0.15) is 11.8 Å². The summed E-state index contributed by atoms with van der Waals surface area (Å²) >= 11 is 1.76. The van der Waals surface area contributed by atoms with Crippen molar-refractivity contribution in [1.29, 1.82) is 0 Å². The van der Waals surface area contributed by atoms with E-state index < -0.39 is 6.04 Å². The Morgan fingerprint density at radius 3 is 2.32 bits per heavy atom. The molecule has 0 bridgehead atoms. The first-order valence-electron chi connectivity index (χ1n) is 21.4. The van der Waals surface area contributed by atoms with Gasteiger partial charge in [-0.3, -0.25) is 24.2 Å². The minimum atomic E-state index is -0.616. The van der Waals surface area contributed by atoms with Gasteiger partial charge in [0.1, 0.15) is 6.04 Å². The molecule has 2 aromatic rings. The van der Waals surface area contributed by atoms with Crippen molar-refractivity contribution in [3.05, 3.63) is 71.6 Å². The number of hydrogen-bond donors (Lipinski definition) is 3. The number of aromatic nitrogens is 1. The number of hydrogen-bond acceptors (Lipinski definition) is 6. The summed E-state index contributed by atoms with van der Waals surface area (Å²) in [5.41, 5.74) is 4.05. The molecular weight excluding hydrogens is 731 g/mol. The van der Waals surface area contributed by atoms with Crippen LogP contribution < -0.4 is 16.0 Å². The van der Waals surface area contributed by atoms with Gasteiger partial charge in [-0.25, -0.2) is 0 Å². The van der Waals surface area contributed by atoms with E-state index in [1.807, 2.05) is 50.3 Å². The molecule has 9 nitrogen and oxygen atoms in total. The van der Waals surface area contributed by atoms with Crippen LogP contribution in [0.5, 0.6) is 0 Å². The molecule has 4 amide bonds. The van der Waals surface area contributed by atoms with Gasteiger partial charge in [0.05, 0.1) is 24.7 Å². The zero-order valence-electron chi connectivity index (χ0n) is 36.5. The van der Waals surface area contributed by atoms with Crippen molar-refractivity contribution < 1.29 is 19.2 Å². The molecule has 1 aromatic carbocycles. The lowest BCUT2D eigenvalue weighted by atomic mass is 9.82. The first kappa shape index (κ1) is 47.7. The number of benzene rings is 1. The van der Waals surface area contributed by atoms with E-state index >= 15 is 0 Å². The number of carbonyl (C=O) groups excluding carboxylic acids is 4. The number of nitrogens with zero attached hydrogens (tertiary/aromatic N) is 2. The number of thioether (sulfide) groups is 1. The van der Waals surface area contributed by atoms with Gasteiger partial charge >= 0.3 is 0 Å². The van der Waals surface area contributed by atoms with Crippen molar-refractivity contribution in [2.45, 2.75) is 143 Å². The summed E-state index contributed by atoms with van der Waals surface area (Å²) in [6, 6.07) is 11.0. The predicted molar refractivity (Wildman–Crippen MR) is 236 cm³/mol. The van der Waals surface area contributed by atoms with Gasteiger partial charge in [0.15, 0.2) is 0 Å². The van der Waals surface area contributed by atoms with Crippen molar-refractivity contribution in [3.8, 4) is 0 Å². The van der Waals surface area contributed by atoms with Crippen LogP contribution in [0.1, 0.15) is 129 Å². The topological polar surface area (TPSA) is 121 Å². The normalized spacial score (nSPS) is 16.2. The van der Waals surface area contributed by atoms with Crippen molar-refractivity contribution in [1.82, 2.24) is 25.8 Å². The molecule has 1 aliphatic rings. The van der Waals surface area contributed by atoms with Crippen molar-refractivity contribution in [2.24, 2.45) is 29.6 Å². The van der Waals surface area contributed by atoms with E-state index in [0.717, 1.165) is 48.1 Å². The fourth-order valence-corrected chi connectivity index (χ4v) is 8.97. The molecule has 0 radical (unpaired) electrons. The number of pyridine rings is 1. The minimum absolute atomic E-state index is 0.00799. The highest BCUT2D eigenvalue weighted by Gasteiger charge is 2.36. The fourth-order valence-electron chi connectivity index (χ4n) is 8.00. The quantitative estimate of drug-likeness (QED) is 0.110. The van der Waals surface area contributed by atoms with Crippen molar-refractivity contribution in [3.63, 3.8) is 0 Å².